The van der Waals surface area contributed by atoms with E-state index < -0.39 is 0 Å². The number of benzene rings is 1. The van der Waals surface area contributed by atoms with Gasteiger partial charge in [-0.3, -0.25) is 9.67 Å². The predicted molar refractivity (Wildman–Crippen MR) is 91.6 cm³/mol. The fourth-order valence-electron chi connectivity index (χ4n) is 2.05. The van der Waals surface area contributed by atoms with Crippen molar-refractivity contribution in [2.24, 2.45) is 4.99 Å². The second-order valence-electron chi connectivity index (χ2n) is 4.80. The topological polar surface area (TPSA) is 54.2 Å². The van der Waals surface area contributed by atoms with Crippen LogP contribution in [0.3, 0.4) is 0 Å². The Morgan fingerprint density at radius 3 is 2.86 bits per heavy atom. The second-order valence-corrected chi connectivity index (χ2v) is 5.64. The minimum Gasteiger partial charge on any atom is -0.355 e. The Balaban J connectivity index is 1.89. The lowest BCUT2D eigenvalue weighted by molar-refractivity contribution is 0.591. The molecule has 22 heavy (non-hydrogen) atoms. The van der Waals surface area contributed by atoms with Crippen LogP contribution >= 0.6 is 23.2 Å². The maximum atomic E-state index is 6.23. The first kappa shape index (κ1) is 16.6. The molecule has 1 aromatic carbocycles. The minimum absolute atomic E-state index is 0.0145. The van der Waals surface area contributed by atoms with Crippen LogP contribution in [0.5, 0.6) is 0 Å². The number of halogens is 2. The number of nitrogens with zero attached hydrogens (tertiary/aromatic N) is 3. The molecule has 0 amide bonds. The molecule has 0 saturated heterocycles. The predicted octanol–water partition coefficient (Wildman–Crippen LogP) is 3.12. The lowest BCUT2D eigenvalue weighted by Crippen LogP contribution is -2.40. The Kier molecular flexibility index (Phi) is 6.10. The summed E-state index contributed by atoms with van der Waals surface area (Å²) in [4.78, 5) is 4.22. The molecular weight excluding hydrogens is 321 g/mol. The third-order valence-electron chi connectivity index (χ3n) is 3.20. The molecule has 7 heteroatoms. The summed E-state index contributed by atoms with van der Waals surface area (Å²) in [6, 6.07) is 7.40. The van der Waals surface area contributed by atoms with Crippen molar-refractivity contribution in [3.05, 3.63) is 52.3 Å². The van der Waals surface area contributed by atoms with Gasteiger partial charge in [-0.2, -0.15) is 5.10 Å². The van der Waals surface area contributed by atoms with Crippen LogP contribution < -0.4 is 10.6 Å². The van der Waals surface area contributed by atoms with Gasteiger partial charge in [-0.05, 0) is 30.7 Å². The van der Waals surface area contributed by atoms with E-state index in [1.165, 1.54) is 0 Å². The van der Waals surface area contributed by atoms with Crippen LogP contribution in [-0.2, 0) is 6.54 Å². The highest BCUT2D eigenvalue weighted by Gasteiger charge is 2.11. The number of nitrogens with one attached hydrogen (secondary N) is 2. The zero-order chi connectivity index (χ0) is 15.9. The largest absolute Gasteiger partial charge is 0.355 e. The van der Waals surface area contributed by atoms with Crippen LogP contribution in [0.25, 0.3) is 0 Å². The monoisotopic (exact) mass is 339 g/mol. The molecule has 1 aromatic heterocycles. The van der Waals surface area contributed by atoms with E-state index in [1.807, 2.05) is 36.0 Å². The quantitative estimate of drug-likeness (QED) is 0.650. The van der Waals surface area contributed by atoms with E-state index in [0.29, 0.717) is 16.0 Å². The smallest absolute Gasteiger partial charge is 0.191 e. The number of aliphatic imine (C=N–C) groups is 1. The van der Waals surface area contributed by atoms with Gasteiger partial charge in [0.1, 0.15) is 0 Å². The van der Waals surface area contributed by atoms with Crippen molar-refractivity contribution < 1.29 is 0 Å². The summed E-state index contributed by atoms with van der Waals surface area (Å²) in [6.07, 6.45) is 3.69. The molecule has 0 saturated carbocycles. The Hall–Kier alpha value is -1.72. The first-order chi connectivity index (χ1) is 10.6. The summed E-state index contributed by atoms with van der Waals surface area (Å²) in [7, 11) is 1.74. The summed E-state index contributed by atoms with van der Waals surface area (Å²) >= 11 is 12.1. The van der Waals surface area contributed by atoms with Crippen LogP contribution in [0.1, 0.15) is 18.5 Å². The molecule has 0 aliphatic rings. The van der Waals surface area contributed by atoms with E-state index in [0.717, 1.165) is 18.7 Å². The van der Waals surface area contributed by atoms with E-state index in [2.05, 4.69) is 20.7 Å². The van der Waals surface area contributed by atoms with Gasteiger partial charge in [0.05, 0.1) is 12.6 Å². The van der Waals surface area contributed by atoms with Crippen molar-refractivity contribution in [2.75, 3.05) is 13.6 Å². The summed E-state index contributed by atoms with van der Waals surface area (Å²) in [6.45, 7) is 3.52. The van der Waals surface area contributed by atoms with Gasteiger partial charge in [0.25, 0.3) is 0 Å². The maximum absolute atomic E-state index is 6.23. The molecule has 0 fully saturated rings. The van der Waals surface area contributed by atoms with Gasteiger partial charge in [0.15, 0.2) is 5.96 Å². The molecule has 118 valence electrons. The van der Waals surface area contributed by atoms with Crippen LogP contribution in [0.4, 0.5) is 0 Å². The fraction of sp³-hybridized carbons (Fsp3) is 0.333. The summed E-state index contributed by atoms with van der Waals surface area (Å²) in [5.74, 6) is 0.714. The SMILES string of the molecule is CN=C(NCCn1cccn1)NC(C)c1ccc(Cl)cc1Cl. The first-order valence-corrected chi connectivity index (χ1v) is 7.75. The van der Waals surface area contributed by atoms with Crippen molar-refractivity contribution in [1.29, 1.82) is 0 Å². The first-order valence-electron chi connectivity index (χ1n) is 6.99. The third kappa shape index (κ3) is 4.64. The average molecular weight is 340 g/mol. The van der Waals surface area contributed by atoms with Crippen molar-refractivity contribution in [3.63, 3.8) is 0 Å². The lowest BCUT2D eigenvalue weighted by atomic mass is 10.1. The molecule has 0 bridgehead atoms. The average Bonchev–Trinajstić information content (AvgIpc) is 2.99. The molecule has 1 atom stereocenters. The number of guanidine groups is 1. The van der Waals surface area contributed by atoms with Crippen molar-refractivity contribution in [1.82, 2.24) is 20.4 Å². The van der Waals surface area contributed by atoms with Crippen LogP contribution in [-0.4, -0.2) is 29.3 Å². The van der Waals surface area contributed by atoms with E-state index in [-0.39, 0.29) is 6.04 Å². The Morgan fingerprint density at radius 1 is 1.41 bits per heavy atom. The van der Waals surface area contributed by atoms with Crippen molar-refractivity contribution >= 4 is 29.2 Å². The molecule has 0 aliphatic heterocycles. The van der Waals surface area contributed by atoms with Crippen molar-refractivity contribution in [2.45, 2.75) is 19.5 Å². The molecule has 2 aromatic rings. The normalized spacial score (nSPS) is 13.0. The molecule has 0 aliphatic carbocycles. The molecule has 1 heterocycles. The molecule has 0 radical (unpaired) electrons. The van der Waals surface area contributed by atoms with Crippen molar-refractivity contribution in [3.8, 4) is 0 Å². The Morgan fingerprint density at radius 2 is 2.23 bits per heavy atom. The van der Waals surface area contributed by atoms with Crippen LogP contribution in [0, 0.1) is 0 Å². The molecule has 0 spiro atoms. The van der Waals surface area contributed by atoms with E-state index in [4.69, 9.17) is 23.2 Å². The summed E-state index contributed by atoms with van der Waals surface area (Å²) in [5.41, 5.74) is 0.973. The number of rotatable bonds is 5. The van der Waals surface area contributed by atoms with E-state index in [9.17, 15) is 0 Å². The van der Waals surface area contributed by atoms with Crippen LogP contribution in [0.2, 0.25) is 10.0 Å². The Labute approximate surface area is 140 Å². The highest BCUT2D eigenvalue weighted by molar-refractivity contribution is 6.35. The number of hydrogen-bond acceptors (Lipinski definition) is 2. The van der Waals surface area contributed by atoms with E-state index in [1.54, 1.807) is 19.3 Å². The minimum atomic E-state index is 0.0145. The fourth-order valence-corrected chi connectivity index (χ4v) is 2.62. The van der Waals surface area contributed by atoms with Gasteiger partial charge in [-0.15, -0.1) is 0 Å². The standard InChI is InChI=1S/C15H19Cl2N5/c1-11(13-5-4-12(16)10-14(13)17)21-15(18-2)19-7-9-22-8-3-6-20-22/h3-6,8,10-11H,7,9H2,1-2H3,(H2,18,19,21). The van der Waals surface area contributed by atoms with Gasteiger partial charge < -0.3 is 10.6 Å². The molecular formula is C15H19Cl2N5. The molecule has 1 unspecified atom stereocenters. The van der Waals surface area contributed by atoms with Gasteiger partial charge in [0, 0.05) is 36.0 Å². The highest BCUT2D eigenvalue weighted by Crippen LogP contribution is 2.25. The van der Waals surface area contributed by atoms with Gasteiger partial charge in [0.2, 0.25) is 0 Å². The Bertz CT molecular complexity index is 625. The third-order valence-corrected chi connectivity index (χ3v) is 3.76. The van der Waals surface area contributed by atoms with Gasteiger partial charge in [-0.1, -0.05) is 29.3 Å². The van der Waals surface area contributed by atoms with Gasteiger partial charge >= 0.3 is 0 Å². The molecule has 2 N–H and O–H groups in total. The zero-order valence-electron chi connectivity index (χ0n) is 12.6. The summed E-state index contributed by atoms with van der Waals surface area (Å²) < 4.78 is 1.86. The number of aromatic nitrogens is 2. The molecule has 2 rings (SSSR count). The lowest BCUT2D eigenvalue weighted by Gasteiger charge is -2.19. The summed E-state index contributed by atoms with van der Waals surface area (Å²) in [5, 5.41) is 12.0. The van der Waals surface area contributed by atoms with E-state index >= 15 is 0 Å². The molecule has 5 nitrogen and oxygen atoms in total. The number of hydrogen-bond donors (Lipinski definition) is 2. The van der Waals surface area contributed by atoms with Crippen LogP contribution in [0.15, 0.2) is 41.7 Å². The second kappa shape index (κ2) is 8.06. The van der Waals surface area contributed by atoms with Gasteiger partial charge in [-0.25, -0.2) is 0 Å². The zero-order valence-corrected chi connectivity index (χ0v) is 14.1. The maximum Gasteiger partial charge on any atom is 0.191 e. The highest BCUT2D eigenvalue weighted by atomic mass is 35.5.